The van der Waals surface area contributed by atoms with E-state index in [0.717, 1.165) is 50.3 Å². The SMILES string of the molecule is COc1ccc2c(c1)CCC1(CCN(CC(=O)O)CC1)O2. The van der Waals surface area contributed by atoms with Crippen molar-refractivity contribution < 1.29 is 19.4 Å². The predicted octanol–water partition coefficient (Wildman–Crippen LogP) is 1.94. The highest BCUT2D eigenvalue weighted by molar-refractivity contribution is 5.69. The van der Waals surface area contributed by atoms with Crippen LogP contribution in [-0.2, 0) is 11.2 Å². The van der Waals surface area contributed by atoms with E-state index < -0.39 is 5.97 Å². The van der Waals surface area contributed by atoms with Crippen LogP contribution in [0.3, 0.4) is 0 Å². The zero-order valence-electron chi connectivity index (χ0n) is 12.3. The summed E-state index contributed by atoms with van der Waals surface area (Å²) in [4.78, 5) is 12.8. The number of aliphatic carboxylic acids is 1. The highest BCUT2D eigenvalue weighted by Gasteiger charge is 2.39. The molecule has 1 spiro atoms. The summed E-state index contributed by atoms with van der Waals surface area (Å²) >= 11 is 0. The number of benzene rings is 1. The second-order valence-corrected chi connectivity index (χ2v) is 5.93. The molecule has 0 unspecified atom stereocenters. The van der Waals surface area contributed by atoms with E-state index in [1.807, 2.05) is 23.1 Å². The Kier molecular flexibility index (Phi) is 3.76. The fraction of sp³-hybridized carbons (Fsp3) is 0.562. The molecule has 0 aromatic heterocycles. The Morgan fingerprint density at radius 2 is 2.14 bits per heavy atom. The van der Waals surface area contributed by atoms with Gasteiger partial charge in [0.15, 0.2) is 0 Å². The number of carboxylic acids is 1. The molecule has 0 bridgehead atoms. The predicted molar refractivity (Wildman–Crippen MR) is 78.0 cm³/mol. The van der Waals surface area contributed by atoms with Gasteiger partial charge in [-0.05, 0) is 49.4 Å². The summed E-state index contributed by atoms with van der Waals surface area (Å²) in [5, 5.41) is 8.86. The van der Waals surface area contributed by atoms with E-state index in [1.165, 1.54) is 5.56 Å². The van der Waals surface area contributed by atoms with E-state index >= 15 is 0 Å². The molecule has 3 rings (SSSR count). The molecule has 21 heavy (non-hydrogen) atoms. The van der Waals surface area contributed by atoms with Gasteiger partial charge in [0.25, 0.3) is 0 Å². The number of fused-ring (bicyclic) bond motifs is 1. The van der Waals surface area contributed by atoms with Gasteiger partial charge in [-0.2, -0.15) is 0 Å². The van der Waals surface area contributed by atoms with Crippen molar-refractivity contribution in [2.45, 2.75) is 31.3 Å². The van der Waals surface area contributed by atoms with Crippen molar-refractivity contribution in [1.29, 1.82) is 0 Å². The summed E-state index contributed by atoms with van der Waals surface area (Å²) in [5.74, 6) is 1.06. The first-order chi connectivity index (χ1) is 10.1. The quantitative estimate of drug-likeness (QED) is 0.922. The summed E-state index contributed by atoms with van der Waals surface area (Å²) < 4.78 is 11.5. The topological polar surface area (TPSA) is 59.0 Å². The summed E-state index contributed by atoms with van der Waals surface area (Å²) in [6.45, 7) is 1.71. The van der Waals surface area contributed by atoms with Crippen LogP contribution in [0.5, 0.6) is 11.5 Å². The minimum Gasteiger partial charge on any atom is -0.497 e. The van der Waals surface area contributed by atoms with Crippen LogP contribution in [0.1, 0.15) is 24.8 Å². The van der Waals surface area contributed by atoms with Crippen molar-refractivity contribution in [3.8, 4) is 11.5 Å². The Hall–Kier alpha value is -1.75. The lowest BCUT2D eigenvalue weighted by Gasteiger charge is -2.44. The Morgan fingerprint density at radius 1 is 1.38 bits per heavy atom. The van der Waals surface area contributed by atoms with Gasteiger partial charge in [0.2, 0.25) is 0 Å². The monoisotopic (exact) mass is 291 g/mol. The van der Waals surface area contributed by atoms with Gasteiger partial charge in [0.1, 0.15) is 17.1 Å². The number of aryl methyl sites for hydroxylation is 1. The van der Waals surface area contributed by atoms with E-state index in [-0.39, 0.29) is 12.1 Å². The van der Waals surface area contributed by atoms with Crippen molar-refractivity contribution >= 4 is 5.97 Å². The van der Waals surface area contributed by atoms with Crippen molar-refractivity contribution in [1.82, 2.24) is 4.90 Å². The van der Waals surface area contributed by atoms with E-state index in [0.29, 0.717) is 0 Å². The molecule has 1 aromatic carbocycles. The van der Waals surface area contributed by atoms with Crippen LogP contribution in [-0.4, -0.2) is 48.3 Å². The molecule has 0 aliphatic carbocycles. The van der Waals surface area contributed by atoms with Crippen molar-refractivity contribution in [2.75, 3.05) is 26.7 Å². The highest BCUT2D eigenvalue weighted by atomic mass is 16.5. The Morgan fingerprint density at radius 3 is 2.81 bits per heavy atom. The normalized spacial score (nSPS) is 20.6. The van der Waals surface area contributed by atoms with Gasteiger partial charge >= 0.3 is 5.97 Å². The van der Waals surface area contributed by atoms with E-state index in [1.54, 1.807) is 7.11 Å². The first kappa shape index (κ1) is 14.2. The zero-order valence-corrected chi connectivity index (χ0v) is 12.3. The first-order valence-electron chi connectivity index (χ1n) is 7.40. The van der Waals surface area contributed by atoms with Crippen molar-refractivity contribution in [2.24, 2.45) is 0 Å². The third kappa shape index (κ3) is 2.97. The van der Waals surface area contributed by atoms with Crippen molar-refractivity contribution in [3.05, 3.63) is 23.8 Å². The molecule has 2 aliphatic heterocycles. The van der Waals surface area contributed by atoms with E-state index in [2.05, 4.69) is 0 Å². The largest absolute Gasteiger partial charge is 0.497 e. The van der Waals surface area contributed by atoms with E-state index in [4.69, 9.17) is 14.6 Å². The fourth-order valence-electron chi connectivity index (χ4n) is 3.29. The van der Waals surface area contributed by atoms with Gasteiger partial charge in [-0.1, -0.05) is 0 Å². The van der Waals surface area contributed by atoms with Crippen LogP contribution in [0.4, 0.5) is 0 Å². The average Bonchev–Trinajstić information content (AvgIpc) is 2.49. The number of nitrogens with zero attached hydrogens (tertiary/aromatic N) is 1. The fourth-order valence-corrected chi connectivity index (χ4v) is 3.29. The van der Waals surface area contributed by atoms with Gasteiger partial charge in [0, 0.05) is 13.1 Å². The molecular weight excluding hydrogens is 270 g/mol. The molecule has 0 saturated carbocycles. The van der Waals surface area contributed by atoms with Crippen LogP contribution in [0.2, 0.25) is 0 Å². The molecule has 114 valence electrons. The van der Waals surface area contributed by atoms with Crippen LogP contribution in [0.15, 0.2) is 18.2 Å². The van der Waals surface area contributed by atoms with Gasteiger partial charge < -0.3 is 14.6 Å². The molecule has 0 atom stereocenters. The lowest BCUT2D eigenvalue weighted by molar-refractivity contribution is -0.139. The van der Waals surface area contributed by atoms with Crippen LogP contribution < -0.4 is 9.47 Å². The molecule has 1 aromatic rings. The zero-order chi connectivity index (χ0) is 14.9. The van der Waals surface area contributed by atoms with Crippen LogP contribution in [0.25, 0.3) is 0 Å². The lowest BCUT2D eigenvalue weighted by atomic mass is 9.83. The maximum absolute atomic E-state index is 10.8. The molecule has 1 saturated heterocycles. The Balaban J connectivity index is 1.67. The maximum Gasteiger partial charge on any atom is 0.317 e. The molecule has 1 fully saturated rings. The van der Waals surface area contributed by atoms with Gasteiger partial charge in [0.05, 0.1) is 13.7 Å². The Bertz CT molecular complexity index is 535. The number of piperidine rings is 1. The smallest absolute Gasteiger partial charge is 0.317 e. The number of carbonyl (C=O) groups is 1. The third-order valence-corrected chi connectivity index (χ3v) is 4.57. The molecular formula is C16H21NO4. The molecule has 0 amide bonds. The number of methoxy groups -OCH3 is 1. The number of likely N-dealkylation sites (tertiary alicyclic amines) is 1. The second kappa shape index (κ2) is 5.56. The van der Waals surface area contributed by atoms with Crippen molar-refractivity contribution in [3.63, 3.8) is 0 Å². The summed E-state index contributed by atoms with van der Waals surface area (Å²) in [5.41, 5.74) is 1.09. The molecule has 1 N–H and O–H groups in total. The number of hydrogen-bond donors (Lipinski definition) is 1. The number of carboxylic acid groups (broad SMARTS) is 1. The minimum absolute atomic E-state index is 0.114. The number of rotatable bonds is 3. The van der Waals surface area contributed by atoms with Gasteiger partial charge in [-0.15, -0.1) is 0 Å². The minimum atomic E-state index is -0.757. The molecule has 5 heteroatoms. The third-order valence-electron chi connectivity index (χ3n) is 4.57. The molecule has 2 heterocycles. The number of hydrogen-bond acceptors (Lipinski definition) is 4. The summed E-state index contributed by atoms with van der Waals surface area (Å²) in [7, 11) is 1.67. The summed E-state index contributed by atoms with van der Waals surface area (Å²) in [6, 6.07) is 5.96. The standard InChI is InChI=1S/C16H21NO4/c1-20-13-2-3-14-12(10-13)4-5-16(21-14)6-8-17(9-7-16)11-15(18)19/h2-3,10H,4-9,11H2,1H3,(H,18,19). The molecule has 2 aliphatic rings. The lowest BCUT2D eigenvalue weighted by Crippen LogP contribution is -2.50. The van der Waals surface area contributed by atoms with Crippen LogP contribution >= 0.6 is 0 Å². The highest BCUT2D eigenvalue weighted by Crippen LogP contribution is 2.40. The Labute approximate surface area is 124 Å². The molecule has 5 nitrogen and oxygen atoms in total. The second-order valence-electron chi connectivity index (χ2n) is 5.93. The maximum atomic E-state index is 10.8. The first-order valence-corrected chi connectivity index (χ1v) is 7.40. The molecule has 0 radical (unpaired) electrons. The summed E-state index contributed by atoms with van der Waals surface area (Å²) in [6.07, 6.45) is 3.77. The number of ether oxygens (including phenoxy) is 2. The van der Waals surface area contributed by atoms with E-state index in [9.17, 15) is 4.79 Å². The average molecular weight is 291 g/mol. The van der Waals surface area contributed by atoms with Gasteiger partial charge in [-0.25, -0.2) is 0 Å². The van der Waals surface area contributed by atoms with Crippen LogP contribution in [0, 0.1) is 0 Å². The van der Waals surface area contributed by atoms with Gasteiger partial charge in [-0.3, -0.25) is 9.69 Å².